The van der Waals surface area contributed by atoms with Gasteiger partial charge in [-0.2, -0.15) is 0 Å². The van der Waals surface area contributed by atoms with Gasteiger partial charge in [-0.1, -0.05) is 0 Å². The second-order valence-electron chi connectivity index (χ2n) is 5.07. The molecule has 4 rings (SSSR count). The van der Waals surface area contributed by atoms with Gasteiger partial charge >= 0.3 is 0 Å². The number of anilines is 1. The van der Waals surface area contributed by atoms with Crippen LogP contribution in [0.25, 0.3) is 16.7 Å². The molecule has 1 aromatic heterocycles. The Kier molecular flexibility index (Phi) is 2.54. The highest BCUT2D eigenvalue weighted by Crippen LogP contribution is 2.33. The molecule has 0 amide bonds. The van der Waals surface area contributed by atoms with Crippen molar-refractivity contribution in [3.63, 3.8) is 0 Å². The van der Waals surface area contributed by atoms with Crippen molar-refractivity contribution in [2.75, 3.05) is 18.9 Å². The van der Waals surface area contributed by atoms with Crippen LogP contribution >= 0.6 is 0 Å². The lowest BCUT2D eigenvalue weighted by molar-refractivity contribution is 0.171. The number of aryl methyl sites for hydroxylation is 1. The van der Waals surface area contributed by atoms with Gasteiger partial charge in [-0.15, -0.1) is 0 Å². The maximum Gasteiger partial charge on any atom is 0.163 e. The second-order valence-corrected chi connectivity index (χ2v) is 5.07. The molecule has 0 bridgehead atoms. The molecular formula is C16H15N3O2. The first kappa shape index (κ1) is 12.1. The SMILES string of the molecule is Cc1nc2cc(N)ccc2n1-c1ccc2c(c1)OCCO2. The number of hydrogen-bond acceptors (Lipinski definition) is 4. The highest BCUT2D eigenvalue weighted by atomic mass is 16.6. The van der Waals surface area contributed by atoms with E-state index in [1.54, 1.807) is 0 Å². The van der Waals surface area contributed by atoms with Gasteiger partial charge in [0.15, 0.2) is 11.5 Å². The highest BCUT2D eigenvalue weighted by molar-refractivity contribution is 5.81. The van der Waals surface area contributed by atoms with Crippen LogP contribution in [0.5, 0.6) is 11.5 Å². The minimum atomic E-state index is 0.580. The van der Waals surface area contributed by atoms with Crippen molar-refractivity contribution < 1.29 is 9.47 Å². The summed E-state index contributed by atoms with van der Waals surface area (Å²) < 4.78 is 13.3. The Morgan fingerprint density at radius 1 is 1.05 bits per heavy atom. The molecule has 0 radical (unpaired) electrons. The average molecular weight is 281 g/mol. The van der Waals surface area contributed by atoms with E-state index in [0.29, 0.717) is 18.9 Å². The fourth-order valence-electron chi connectivity index (χ4n) is 2.71. The van der Waals surface area contributed by atoms with Crippen molar-refractivity contribution in [3.05, 3.63) is 42.2 Å². The molecule has 0 aliphatic carbocycles. The van der Waals surface area contributed by atoms with Crippen molar-refractivity contribution >= 4 is 16.7 Å². The number of fused-ring (bicyclic) bond motifs is 2. The van der Waals surface area contributed by atoms with Crippen LogP contribution in [-0.2, 0) is 0 Å². The molecule has 0 spiro atoms. The average Bonchev–Trinajstić information content (AvgIpc) is 2.81. The van der Waals surface area contributed by atoms with Gasteiger partial charge in [-0.05, 0) is 37.3 Å². The van der Waals surface area contributed by atoms with E-state index in [1.807, 2.05) is 43.3 Å². The molecule has 0 unspecified atom stereocenters. The van der Waals surface area contributed by atoms with Crippen molar-refractivity contribution in [1.29, 1.82) is 0 Å². The number of rotatable bonds is 1. The molecule has 2 aromatic carbocycles. The first-order valence-electron chi connectivity index (χ1n) is 6.87. The van der Waals surface area contributed by atoms with Crippen LogP contribution in [0.1, 0.15) is 5.82 Å². The summed E-state index contributed by atoms with van der Waals surface area (Å²) in [5.74, 6) is 2.47. The fraction of sp³-hybridized carbons (Fsp3) is 0.188. The summed E-state index contributed by atoms with van der Waals surface area (Å²) in [6.07, 6.45) is 0. The molecule has 0 fully saturated rings. The van der Waals surface area contributed by atoms with E-state index in [9.17, 15) is 0 Å². The normalized spacial score (nSPS) is 13.6. The monoisotopic (exact) mass is 281 g/mol. The topological polar surface area (TPSA) is 62.3 Å². The van der Waals surface area contributed by atoms with Crippen LogP contribution in [0.4, 0.5) is 5.69 Å². The van der Waals surface area contributed by atoms with Crippen LogP contribution < -0.4 is 15.2 Å². The quantitative estimate of drug-likeness (QED) is 0.697. The van der Waals surface area contributed by atoms with Gasteiger partial charge < -0.3 is 15.2 Å². The van der Waals surface area contributed by atoms with E-state index in [4.69, 9.17) is 15.2 Å². The molecule has 1 aliphatic heterocycles. The Morgan fingerprint density at radius 2 is 1.86 bits per heavy atom. The summed E-state index contributed by atoms with van der Waals surface area (Å²) in [7, 11) is 0. The van der Waals surface area contributed by atoms with Gasteiger partial charge in [0.25, 0.3) is 0 Å². The van der Waals surface area contributed by atoms with Gasteiger partial charge in [0.1, 0.15) is 19.0 Å². The number of hydrogen-bond donors (Lipinski definition) is 1. The minimum Gasteiger partial charge on any atom is -0.486 e. The molecule has 106 valence electrons. The Morgan fingerprint density at radius 3 is 2.71 bits per heavy atom. The smallest absolute Gasteiger partial charge is 0.163 e. The summed E-state index contributed by atoms with van der Waals surface area (Å²) in [4.78, 5) is 4.57. The van der Waals surface area contributed by atoms with Crippen molar-refractivity contribution in [2.24, 2.45) is 0 Å². The highest BCUT2D eigenvalue weighted by Gasteiger charge is 2.15. The zero-order valence-corrected chi connectivity index (χ0v) is 11.7. The largest absolute Gasteiger partial charge is 0.486 e. The molecular weight excluding hydrogens is 266 g/mol. The minimum absolute atomic E-state index is 0.580. The number of benzene rings is 2. The number of nitrogens with zero attached hydrogens (tertiary/aromatic N) is 2. The molecule has 2 N–H and O–H groups in total. The Hall–Kier alpha value is -2.69. The lowest BCUT2D eigenvalue weighted by Gasteiger charge is -2.19. The third kappa shape index (κ3) is 1.89. The maximum absolute atomic E-state index is 5.83. The fourth-order valence-corrected chi connectivity index (χ4v) is 2.71. The summed E-state index contributed by atoms with van der Waals surface area (Å²) in [6.45, 7) is 3.16. The van der Waals surface area contributed by atoms with Crippen LogP contribution in [0.3, 0.4) is 0 Å². The third-order valence-electron chi connectivity index (χ3n) is 3.63. The van der Waals surface area contributed by atoms with Crippen LogP contribution in [0.2, 0.25) is 0 Å². The maximum atomic E-state index is 5.83. The van der Waals surface area contributed by atoms with Gasteiger partial charge in [0.2, 0.25) is 0 Å². The lowest BCUT2D eigenvalue weighted by atomic mass is 10.2. The number of ether oxygens (including phenoxy) is 2. The zero-order valence-electron chi connectivity index (χ0n) is 11.7. The van der Waals surface area contributed by atoms with Gasteiger partial charge in [0, 0.05) is 11.8 Å². The summed E-state index contributed by atoms with van der Waals surface area (Å²) in [5, 5.41) is 0. The van der Waals surface area contributed by atoms with E-state index in [1.165, 1.54) is 0 Å². The molecule has 1 aliphatic rings. The van der Waals surface area contributed by atoms with Crippen LogP contribution in [0, 0.1) is 6.92 Å². The predicted molar refractivity (Wildman–Crippen MR) is 81.2 cm³/mol. The standard InChI is InChI=1S/C16H15N3O2/c1-10-18-13-8-11(17)2-4-14(13)19(10)12-3-5-15-16(9-12)21-7-6-20-15/h2-5,8-9H,6-7,17H2,1H3. The number of imidazole rings is 1. The molecule has 0 saturated carbocycles. The molecule has 5 heteroatoms. The molecule has 0 atom stereocenters. The Bertz CT molecular complexity index is 839. The van der Waals surface area contributed by atoms with Crippen LogP contribution in [0.15, 0.2) is 36.4 Å². The first-order valence-corrected chi connectivity index (χ1v) is 6.87. The molecule has 5 nitrogen and oxygen atoms in total. The second kappa shape index (κ2) is 4.41. The third-order valence-corrected chi connectivity index (χ3v) is 3.63. The number of nitrogens with two attached hydrogens (primary N) is 1. The first-order chi connectivity index (χ1) is 10.2. The predicted octanol–water partition coefficient (Wildman–Crippen LogP) is 2.69. The van der Waals surface area contributed by atoms with Crippen molar-refractivity contribution in [3.8, 4) is 17.2 Å². The van der Waals surface area contributed by atoms with E-state index in [0.717, 1.165) is 34.0 Å². The summed E-state index contributed by atoms with van der Waals surface area (Å²) >= 11 is 0. The van der Waals surface area contributed by atoms with Crippen LogP contribution in [-0.4, -0.2) is 22.8 Å². The summed E-state index contributed by atoms with van der Waals surface area (Å²) in [6, 6.07) is 11.7. The van der Waals surface area contributed by atoms with Crippen molar-refractivity contribution in [1.82, 2.24) is 9.55 Å². The van der Waals surface area contributed by atoms with Crippen molar-refractivity contribution in [2.45, 2.75) is 6.92 Å². The molecule has 3 aromatic rings. The molecule has 0 saturated heterocycles. The van der Waals surface area contributed by atoms with E-state index in [-0.39, 0.29) is 0 Å². The summed E-state index contributed by atoms with van der Waals surface area (Å²) in [5.41, 5.74) is 9.47. The number of nitrogen functional groups attached to an aromatic ring is 1. The molecule has 2 heterocycles. The number of aromatic nitrogens is 2. The Labute approximate surface area is 121 Å². The molecule has 21 heavy (non-hydrogen) atoms. The Balaban J connectivity index is 1.92. The lowest BCUT2D eigenvalue weighted by Crippen LogP contribution is -2.15. The zero-order chi connectivity index (χ0) is 14.4. The van der Waals surface area contributed by atoms with Gasteiger partial charge in [-0.25, -0.2) is 4.98 Å². The van der Waals surface area contributed by atoms with E-state index < -0.39 is 0 Å². The van der Waals surface area contributed by atoms with Gasteiger partial charge in [0.05, 0.1) is 16.7 Å². The van der Waals surface area contributed by atoms with E-state index >= 15 is 0 Å². The van der Waals surface area contributed by atoms with E-state index in [2.05, 4.69) is 9.55 Å². The van der Waals surface area contributed by atoms with Gasteiger partial charge in [-0.3, -0.25) is 4.57 Å².